The Kier molecular flexibility index (Phi) is 5.20. The highest BCUT2D eigenvalue weighted by atomic mass is 32.2. The molecule has 0 saturated carbocycles. The number of rotatable bonds is 2. The molecule has 1 aromatic carbocycles. The summed E-state index contributed by atoms with van der Waals surface area (Å²) in [4.78, 5) is 7.54. The van der Waals surface area contributed by atoms with E-state index >= 15 is 0 Å². The first-order valence-electron chi connectivity index (χ1n) is 8.86. The van der Waals surface area contributed by atoms with Crippen LogP contribution in [0.3, 0.4) is 0 Å². The van der Waals surface area contributed by atoms with Crippen LogP contribution >= 0.6 is 0 Å². The molecular weight excluding hydrogens is 448 g/mol. The lowest BCUT2D eigenvalue weighted by molar-refractivity contribution is -0.137. The molecule has 3 aromatic heterocycles. The number of pyridine rings is 2. The largest absolute Gasteiger partial charge is 0.416 e. The number of fused-ring (bicyclic) bond motifs is 1. The number of primary sulfonamides is 1. The quantitative estimate of drug-likeness (QED) is 0.366. The predicted molar refractivity (Wildman–Crippen MR) is 107 cm³/mol. The minimum Gasteiger partial charge on any atom is -0.290 e. The first kappa shape index (κ1) is 21.5. The van der Waals surface area contributed by atoms with Crippen molar-refractivity contribution < 1.29 is 26.0 Å². The van der Waals surface area contributed by atoms with E-state index in [0.717, 1.165) is 18.3 Å². The lowest BCUT2D eigenvalue weighted by Gasteiger charge is -2.08. The van der Waals surface area contributed by atoms with Crippen LogP contribution in [0.25, 0.3) is 16.8 Å². The maximum absolute atomic E-state index is 14.6. The van der Waals surface area contributed by atoms with Gasteiger partial charge in [0.05, 0.1) is 11.8 Å². The Bertz CT molecular complexity index is 1500. The summed E-state index contributed by atoms with van der Waals surface area (Å²) in [5.74, 6) is 4.78. The first-order valence-corrected chi connectivity index (χ1v) is 10.4. The lowest BCUT2D eigenvalue weighted by atomic mass is 10.1. The van der Waals surface area contributed by atoms with Crippen molar-refractivity contribution >= 4 is 15.7 Å². The zero-order chi connectivity index (χ0) is 23.1. The van der Waals surface area contributed by atoms with Crippen molar-refractivity contribution in [3.8, 4) is 23.0 Å². The zero-order valence-electron chi connectivity index (χ0n) is 15.9. The average molecular weight is 460 g/mol. The van der Waals surface area contributed by atoms with Gasteiger partial charge >= 0.3 is 6.18 Å². The van der Waals surface area contributed by atoms with E-state index in [0.29, 0.717) is 11.1 Å². The number of hydrogen-bond acceptors (Lipinski definition) is 4. The molecule has 0 fully saturated rings. The fourth-order valence-electron chi connectivity index (χ4n) is 2.93. The van der Waals surface area contributed by atoms with E-state index in [1.807, 2.05) is 0 Å². The molecule has 3 heterocycles. The highest BCUT2D eigenvalue weighted by Gasteiger charge is 2.30. The van der Waals surface area contributed by atoms with E-state index in [1.165, 1.54) is 47.3 Å². The van der Waals surface area contributed by atoms with Gasteiger partial charge in [0.15, 0.2) is 11.5 Å². The molecule has 2 N–H and O–H groups in total. The van der Waals surface area contributed by atoms with E-state index in [9.17, 15) is 26.0 Å². The SMILES string of the molecule is NS(=O)(=O)c1cncc(C#Cc2cnc3c(F)cc(-c4ccc(C(F)(F)F)cc4)cn23)c1. The average Bonchev–Trinajstić information content (AvgIpc) is 3.15. The lowest BCUT2D eigenvalue weighted by Crippen LogP contribution is -2.12. The summed E-state index contributed by atoms with van der Waals surface area (Å²) in [6.07, 6.45) is 0.756. The molecule has 0 bridgehead atoms. The van der Waals surface area contributed by atoms with Crippen LogP contribution in [0.4, 0.5) is 17.6 Å². The van der Waals surface area contributed by atoms with Gasteiger partial charge in [-0.1, -0.05) is 18.1 Å². The summed E-state index contributed by atoms with van der Waals surface area (Å²) in [7, 11) is -3.95. The van der Waals surface area contributed by atoms with E-state index in [4.69, 9.17) is 5.14 Å². The number of imidazole rings is 1. The van der Waals surface area contributed by atoms with Gasteiger partial charge in [-0.15, -0.1) is 0 Å². The number of aromatic nitrogens is 3. The van der Waals surface area contributed by atoms with Gasteiger partial charge in [0, 0.05) is 29.7 Å². The Balaban J connectivity index is 1.75. The van der Waals surface area contributed by atoms with Crippen molar-refractivity contribution in [2.45, 2.75) is 11.1 Å². The number of hydrogen-bond donors (Lipinski definition) is 1. The summed E-state index contributed by atoms with van der Waals surface area (Å²) in [6.45, 7) is 0. The maximum Gasteiger partial charge on any atom is 0.416 e. The van der Waals surface area contributed by atoms with Gasteiger partial charge in [-0.3, -0.25) is 9.38 Å². The normalized spacial score (nSPS) is 11.9. The number of halogens is 4. The predicted octanol–water partition coefficient (Wildman–Crippen LogP) is 3.60. The topological polar surface area (TPSA) is 90.4 Å². The Morgan fingerprint density at radius 1 is 0.969 bits per heavy atom. The Labute approximate surface area is 179 Å². The highest BCUT2D eigenvalue weighted by molar-refractivity contribution is 7.89. The molecular formula is C21H12F4N4O2S. The van der Waals surface area contributed by atoms with Crippen molar-refractivity contribution in [3.05, 3.63) is 83.8 Å². The number of nitrogens with two attached hydrogens (primary N) is 1. The van der Waals surface area contributed by atoms with Gasteiger partial charge in [0.1, 0.15) is 10.6 Å². The first-order chi connectivity index (χ1) is 15.0. The van der Waals surface area contributed by atoms with Gasteiger partial charge < -0.3 is 0 Å². The molecule has 0 amide bonds. The molecule has 6 nitrogen and oxygen atoms in total. The van der Waals surface area contributed by atoms with Crippen molar-refractivity contribution in [1.29, 1.82) is 0 Å². The van der Waals surface area contributed by atoms with Crippen molar-refractivity contribution in [2.24, 2.45) is 5.14 Å². The van der Waals surface area contributed by atoms with Crippen LogP contribution in [-0.4, -0.2) is 22.8 Å². The monoisotopic (exact) mass is 460 g/mol. The number of alkyl halides is 3. The molecule has 0 spiro atoms. The van der Waals surface area contributed by atoms with Crippen LogP contribution in [-0.2, 0) is 16.2 Å². The van der Waals surface area contributed by atoms with Crippen LogP contribution in [0.1, 0.15) is 16.8 Å². The third-order valence-electron chi connectivity index (χ3n) is 4.48. The van der Waals surface area contributed by atoms with Crippen LogP contribution in [0, 0.1) is 17.7 Å². The van der Waals surface area contributed by atoms with Crippen LogP contribution in [0.5, 0.6) is 0 Å². The van der Waals surface area contributed by atoms with Crippen LogP contribution < -0.4 is 5.14 Å². The summed E-state index contributed by atoms with van der Waals surface area (Å²) >= 11 is 0. The van der Waals surface area contributed by atoms with Crippen LogP contribution in [0.15, 0.2) is 66.1 Å². The standard InChI is InChI=1S/C21H12F4N4O2S/c22-19-8-15(14-2-4-16(5-3-14)21(23,24)25)12-29-17(10-28-20(19)29)6-1-13-7-18(11-27-9-13)32(26,30)31/h2-5,7-12H,(H2,26,30,31). The zero-order valence-corrected chi connectivity index (χ0v) is 16.7. The van der Waals surface area contributed by atoms with E-state index in [2.05, 4.69) is 21.8 Å². The molecule has 0 unspecified atom stereocenters. The number of benzene rings is 1. The fourth-order valence-corrected chi connectivity index (χ4v) is 3.43. The second kappa shape index (κ2) is 7.74. The third kappa shape index (κ3) is 4.32. The second-order valence-electron chi connectivity index (χ2n) is 6.69. The summed E-state index contributed by atoms with van der Waals surface area (Å²) in [5, 5.41) is 5.08. The summed E-state index contributed by atoms with van der Waals surface area (Å²) in [5.41, 5.74) is 0.382. The maximum atomic E-state index is 14.6. The Morgan fingerprint density at radius 2 is 1.69 bits per heavy atom. The molecule has 0 aliphatic heterocycles. The number of nitrogens with zero attached hydrogens (tertiary/aromatic N) is 3. The highest BCUT2D eigenvalue weighted by Crippen LogP contribution is 2.31. The molecule has 0 aliphatic carbocycles. The minimum atomic E-state index is -4.48. The molecule has 4 rings (SSSR count). The molecule has 0 saturated heterocycles. The molecule has 32 heavy (non-hydrogen) atoms. The van der Waals surface area contributed by atoms with Gasteiger partial charge in [0.25, 0.3) is 0 Å². The van der Waals surface area contributed by atoms with Crippen molar-refractivity contribution in [3.63, 3.8) is 0 Å². The van der Waals surface area contributed by atoms with E-state index in [1.54, 1.807) is 0 Å². The minimum absolute atomic E-state index is 0.0265. The van der Waals surface area contributed by atoms with Crippen molar-refractivity contribution in [1.82, 2.24) is 14.4 Å². The molecule has 0 atom stereocenters. The van der Waals surface area contributed by atoms with Gasteiger partial charge in [-0.05, 0) is 35.7 Å². The molecule has 162 valence electrons. The Hall–Kier alpha value is -3.75. The molecule has 4 aromatic rings. The van der Waals surface area contributed by atoms with Gasteiger partial charge in [-0.25, -0.2) is 22.9 Å². The number of sulfonamides is 1. The molecule has 11 heteroatoms. The van der Waals surface area contributed by atoms with E-state index in [-0.39, 0.29) is 21.8 Å². The summed E-state index contributed by atoms with van der Waals surface area (Å²) < 4.78 is 77.2. The summed E-state index contributed by atoms with van der Waals surface area (Å²) in [6, 6.07) is 6.73. The Morgan fingerprint density at radius 3 is 2.34 bits per heavy atom. The second-order valence-corrected chi connectivity index (χ2v) is 8.25. The molecule has 0 radical (unpaired) electrons. The van der Waals surface area contributed by atoms with Gasteiger partial charge in [-0.2, -0.15) is 13.2 Å². The fraction of sp³-hybridized carbons (Fsp3) is 0.0476. The van der Waals surface area contributed by atoms with Crippen molar-refractivity contribution in [2.75, 3.05) is 0 Å². The van der Waals surface area contributed by atoms with E-state index < -0.39 is 27.6 Å². The smallest absolute Gasteiger partial charge is 0.290 e. The third-order valence-corrected chi connectivity index (χ3v) is 5.36. The molecule has 0 aliphatic rings. The van der Waals surface area contributed by atoms with Crippen LogP contribution in [0.2, 0.25) is 0 Å². The van der Waals surface area contributed by atoms with Gasteiger partial charge in [0.2, 0.25) is 10.0 Å².